The monoisotopic (exact) mass is 367 g/mol. The second-order valence-corrected chi connectivity index (χ2v) is 7.77. The van der Waals surface area contributed by atoms with Crippen molar-refractivity contribution in [3.8, 4) is 11.5 Å². The van der Waals surface area contributed by atoms with E-state index >= 15 is 0 Å². The van der Waals surface area contributed by atoms with E-state index in [0.29, 0.717) is 24.5 Å². The van der Waals surface area contributed by atoms with E-state index in [4.69, 9.17) is 4.74 Å². The molecule has 2 aromatic rings. The third-order valence-electron chi connectivity index (χ3n) is 6.14. The fourth-order valence-electron chi connectivity index (χ4n) is 4.06. The van der Waals surface area contributed by atoms with E-state index < -0.39 is 0 Å². The summed E-state index contributed by atoms with van der Waals surface area (Å²) in [5.74, 6) is 1.67. The minimum atomic E-state index is -0.0296. The van der Waals surface area contributed by atoms with Gasteiger partial charge < -0.3 is 14.7 Å². The molecule has 0 unspecified atom stereocenters. The van der Waals surface area contributed by atoms with Crippen LogP contribution >= 0.6 is 0 Å². The van der Waals surface area contributed by atoms with Gasteiger partial charge in [0.05, 0.1) is 7.11 Å². The quantitative estimate of drug-likeness (QED) is 0.863. The van der Waals surface area contributed by atoms with Gasteiger partial charge in [-0.05, 0) is 53.5 Å². The Bertz CT molecular complexity index is 804. The zero-order valence-electron chi connectivity index (χ0n) is 16.4. The molecule has 0 spiro atoms. The molecular formula is C23H29NO3. The van der Waals surface area contributed by atoms with Gasteiger partial charge in [-0.3, -0.25) is 4.79 Å². The van der Waals surface area contributed by atoms with Crippen molar-refractivity contribution in [2.45, 2.75) is 38.5 Å². The standard InChI is InChI=1S/C23H29NO3/c1-17-16-24(14-13-23(17,2)19-8-6-9-20(25)15-19)22(26)12-11-18-7-4-5-10-21(18)27-3/h4-10,15,17,25H,11-14,16H2,1-3H3/t17-,23+/m0/s1. The van der Waals surface area contributed by atoms with Crippen molar-refractivity contribution >= 4 is 5.91 Å². The highest BCUT2D eigenvalue weighted by atomic mass is 16.5. The van der Waals surface area contributed by atoms with Crippen molar-refractivity contribution in [3.05, 3.63) is 59.7 Å². The summed E-state index contributed by atoms with van der Waals surface area (Å²) >= 11 is 0. The Balaban J connectivity index is 1.63. The first-order valence-corrected chi connectivity index (χ1v) is 9.63. The number of piperidine rings is 1. The molecule has 0 radical (unpaired) electrons. The van der Waals surface area contributed by atoms with Crippen LogP contribution in [0.3, 0.4) is 0 Å². The summed E-state index contributed by atoms with van der Waals surface area (Å²) in [5.41, 5.74) is 2.19. The molecule has 4 nitrogen and oxygen atoms in total. The van der Waals surface area contributed by atoms with Gasteiger partial charge in [0.2, 0.25) is 5.91 Å². The highest BCUT2D eigenvalue weighted by Crippen LogP contribution is 2.40. The molecule has 4 heteroatoms. The summed E-state index contributed by atoms with van der Waals surface area (Å²) in [6.07, 6.45) is 2.09. The lowest BCUT2D eigenvalue weighted by Gasteiger charge is -2.45. The number of carbonyl (C=O) groups excluding carboxylic acids is 1. The summed E-state index contributed by atoms with van der Waals surface area (Å²) < 4.78 is 5.38. The van der Waals surface area contributed by atoms with Gasteiger partial charge in [-0.25, -0.2) is 0 Å². The number of methoxy groups -OCH3 is 1. The number of phenols is 1. The number of phenolic OH excluding ortho intramolecular Hbond substituents is 1. The second-order valence-electron chi connectivity index (χ2n) is 7.77. The average Bonchev–Trinajstić information content (AvgIpc) is 2.68. The van der Waals surface area contributed by atoms with Crippen LogP contribution in [0.2, 0.25) is 0 Å². The third kappa shape index (κ3) is 4.10. The van der Waals surface area contributed by atoms with Crippen molar-refractivity contribution in [3.63, 3.8) is 0 Å². The topological polar surface area (TPSA) is 49.8 Å². The maximum absolute atomic E-state index is 12.8. The highest BCUT2D eigenvalue weighted by molar-refractivity contribution is 5.76. The largest absolute Gasteiger partial charge is 0.508 e. The first-order chi connectivity index (χ1) is 12.9. The minimum absolute atomic E-state index is 0.0296. The van der Waals surface area contributed by atoms with Crippen LogP contribution in [0.4, 0.5) is 0 Å². The number of aryl methyl sites for hydroxylation is 1. The van der Waals surface area contributed by atoms with E-state index in [9.17, 15) is 9.90 Å². The van der Waals surface area contributed by atoms with Crippen molar-refractivity contribution < 1.29 is 14.6 Å². The summed E-state index contributed by atoms with van der Waals surface area (Å²) in [4.78, 5) is 14.8. The Labute approximate surface area is 161 Å². The Kier molecular flexibility index (Phi) is 5.73. The Hall–Kier alpha value is -2.49. The Morgan fingerprint density at radius 2 is 2.04 bits per heavy atom. The van der Waals surface area contributed by atoms with Gasteiger partial charge in [0.25, 0.3) is 0 Å². The molecular weight excluding hydrogens is 338 g/mol. The van der Waals surface area contributed by atoms with Crippen LogP contribution in [0.1, 0.15) is 37.8 Å². The second kappa shape index (κ2) is 8.03. The molecule has 27 heavy (non-hydrogen) atoms. The summed E-state index contributed by atoms with van der Waals surface area (Å²) in [6.45, 7) is 5.94. The molecule has 2 aromatic carbocycles. The number of benzene rings is 2. The number of hydrogen-bond acceptors (Lipinski definition) is 3. The first kappa shape index (κ1) is 19.3. The van der Waals surface area contributed by atoms with Gasteiger partial charge in [-0.2, -0.15) is 0 Å². The van der Waals surface area contributed by atoms with Gasteiger partial charge in [0, 0.05) is 19.5 Å². The maximum Gasteiger partial charge on any atom is 0.222 e. The zero-order chi connectivity index (χ0) is 19.4. The van der Waals surface area contributed by atoms with Crippen LogP contribution in [0.15, 0.2) is 48.5 Å². The zero-order valence-corrected chi connectivity index (χ0v) is 16.4. The number of amides is 1. The summed E-state index contributed by atoms with van der Waals surface area (Å²) in [6, 6.07) is 15.4. The van der Waals surface area contributed by atoms with Crippen molar-refractivity contribution in [2.75, 3.05) is 20.2 Å². The van der Waals surface area contributed by atoms with E-state index in [2.05, 4.69) is 19.9 Å². The Morgan fingerprint density at radius 1 is 1.26 bits per heavy atom. The van der Waals surface area contributed by atoms with Crippen LogP contribution in [0.5, 0.6) is 11.5 Å². The molecule has 0 aliphatic carbocycles. The Morgan fingerprint density at radius 3 is 2.74 bits per heavy atom. The van der Waals surface area contributed by atoms with Gasteiger partial charge in [-0.15, -0.1) is 0 Å². The summed E-state index contributed by atoms with van der Waals surface area (Å²) in [5, 5.41) is 9.83. The van der Waals surface area contributed by atoms with E-state index in [1.807, 2.05) is 41.3 Å². The molecule has 2 atom stereocenters. The lowest BCUT2D eigenvalue weighted by molar-refractivity contribution is -0.133. The van der Waals surface area contributed by atoms with Gasteiger partial charge in [0.15, 0.2) is 0 Å². The van der Waals surface area contributed by atoms with Crippen molar-refractivity contribution in [2.24, 2.45) is 5.92 Å². The van der Waals surface area contributed by atoms with Gasteiger partial charge >= 0.3 is 0 Å². The maximum atomic E-state index is 12.8. The lowest BCUT2D eigenvalue weighted by Crippen LogP contribution is -2.49. The van der Waals surface area contributed by atoms with E-state index in [0.717, 1.165) is 36.4 Å². The number of nitrogens with zero attached hydrogens (tertiary/aromatic N) is 1. The fourth-order valence-corrected chi connectivity index (χ4v) is 4.06. The van der Waals surface area contributed by atoms with Crippen molar-refractivity contribution in [1.82, 2.24) is 4.90 Å². The number of hydrogen-bond donors (Lipinski definition) is 1. The molecule has 1 aliphatic heterocycles. The number of rotatable bonds is 5. The molecule has 144 valence electrons. The van der Waals surface area contributed by atoms with Gasteiger partial charge in [0.1, 0.15) is 11.5 Å². The number of likely N-dealkylation sites (tertiary alicyclic amines) is 1. The normalized spacial score (nSPS) is 22.5. The highest BCUT2D eigenvalue weighted by Gasteiger charge is 2.39. The van der Waals surface area contributed by atoms with E-state index in [1.165, 1.54) is 0 Å². The predicted molar refractivity (Wildman–Crippen MR) is 107 cm³/mol. The number of aromatic hydroxyl groups is 1. The number of carbonyl (C=O) groups is 1. The van der Waals surface area contributed by atoms with Crippen LogP contribution < -0.4 is 4.74 Å². The number of para-hydroxylation sites is 1. The molecule has 1 fully saturated rings. The van der Waals surface area contributed by atoms with Gasteiger partial charge in [-0.1, -0.05) is 44.2 Å². The van der Waals surface area contributed by atoms with Crippen LogP contribution in [0.25, 0.3) is 0 Å². The average molecular weight is 367 g/mol. The SMILES string of the molecule is COc1ccccc1CCC(=O)N1CC[C@@](C)(c2cccc(O)c2)[C@@H](C)C1. The predicted octanol–water partition coefficient (Wildman–Crippen LogP) is 4.16. The fraction of sp³-hybridized carbons (Fsp3) is 0.435. The molecule has 1 amide bonds. The number of ether oxygens (including phenoxy) is 1. The summed E-state index contributed by atoms with van der Waals surface area (Å²) in [7, 11) is 1.66. The van der Waals surface area contributed by atoms with Crippen molar-refractivity contribution in [1.29, 1.82) is 0 Å². The van der Waals surface area contributed by atoms with Crippen LogP contribution in [-0.2, 0) is 16.6 Å². The van der Waals surface area contributed by atoms with E-state index in [-0.39, 0.29) is 11.3 Å². The molecule has 1 saturated heterocycles. The minimum Gasteiger partial charge on any atom is -0.508 e. The molecule has 1 heterocycles. The first-order valence-electron chi connectivity index (χ1n) is 9.63. The molecule has 1 N–H and O–H groups in total. The van der Waals surface area contributed by atoms with E-state index in [1.54, 1.807) is 13.2 Å². The molecule has 0 bridgehead atoms. The van der Waals surface area contributed by atoms with Crippen LogP contribution in [0, 0.1) is 5.92 Å². The lowest BCUT2D eigenvalue weighted by atomic mass is 9.68. The molecule has 1 aliphatic rings. The molecule has 3 rings (SSSR count). The molecule has 0 saturated carbocycles. The third-order valence-corrected chi connectivity index (χ3v) is 6.14. The molecule has 0 aromatic heterocycles. The smallest absolute Gasteiger partial charge is 0.222 e. The van der Waals surface area contributed by atoms with Crippen LogP contribution in [-0.4, -0.2) is 36.1 Å².